The second kappa shape index (κ2) is 8.56. The van der Waals surface area contributed by atoms with Crippen molar-refractivity contribution < 1.29 is 28.5 Å². The molecule has 0 radical (unpaired) electrons. The van der Waals surface area contributed by atoms with Gasteiger partial charge in [-0.3, -0.25) is 14.1 Å². The van der Waals surface area contributed by atoms with Gasteiger partial charge in [0.15, 0.2) is 0 Å². The van der Waals surface area contributed by atoms with Gasteiger partial charge in [-0.2, -0.15) is 8.42 Å². The Morgan fingerprint density at radius 2 is 1.73 bits per heavy atom. The highest BCUT2D eigenvalue weighted by molar-refractivity contribution is 7.79. The second-order valence-corrected chi connectivity index (χ2v) is 3.69. The van der Waals surface area contributed by atoms with Crippen molar-refractivity contribution in [2.45, 2.75) is 13.8 Å². The van der Waals surface area contributed by atoms with E-state index >= 15 is 0 Å². The smallest absolute Gasteiger partial charge is 0.394 e. The maximum Gasteiger partial charge on any atom is 0.394 e. The van der Waals surface area contributed by atoms with Gasteiger partial charge >= 0.3 is 10.4 Å². The number of nitrogens with one attached hydrogen (secondary N) is 1. The van der Waals surface area contributed by atoms with Crippen LogP contribution >= 0.6 is 0 Å². The van der Waals surface area contributed by atoms with E-state index in [1.165, 1.54) is 5.84 Å². The average Bonchev–Trinajstić information content (AvgIpc) is 2.31. The monoisotopic (exact) mass is 246 g/mol. The molecule has 0 spiro atoms. The van der Waals surface area contributed by atoms with Gasteiger partial charge in [0.05, 0.1) is 12.4 Å². The SMILES string of the molecule is CC(C)C1=NCCN1.O.O.O=S(=O)(O)O. The Bertz CT molecular complexity index is 265. The zero-order valence-corrected chi connectivity index (χ0v) is 9.37. The van der Waals surface area contributed by atoms with E-state index in [0.29, 0.717) is 5.92 Å². The molecule has 15 heavy (non-hydrogen) atoms. The van der Waals surface area contributed by atoms with Crippen molar-refractivity contribution >= 4 is 16.2 Å². The van der Waals surface area contributed by atoms with Crippen molar-refractivity contribution in [2.75, 3.05) is 13.1 Å². The fourth-order valence-corrected chi connectivity index (χ4v) is 0.803. The minimum Gasteiger partial charge on any atom is -0.412 e. The van der Waals surface area contributed by atoms with Crippen LogP contribution in [0.25, 0.3) is 0 Å². The summed E-state index contributed by atoms with van der Waals surface area (Å²) in [5.41, 5.74) is 0. The summed E-state index contributed by atoms with van der Waals surface area (Å²) in [6.07, 6.45) is 0. The van der Waals surface area contributed by atoms with Gasteiger partial charge in [-0.05, 0) is 0 Å². The fraction of sp³-hybridized carbons (Fsp3) is 0.833. The zero-order chi connectivity index (χ0) is 10.5. The van der Waals surface area contributed by atoms with Gasteiger partial charge in [0.1, 0.15) is 0 Å². The van der Waals surface area contributed by atoms with Crippen LogP contribution in [0.2, 0.25) is 0 Å². The molecule has 94 valence electrons. The third kappa shape index (κ3) is 16.0. The van der Waals surface area contributed by atoms with Crippen LogP contribution in [0.4, 0.5) is 0 Å². The first-order chi connectivity index (χ1) is 5.80. The molecule has 0 aromatic rings. The molecule has 0 unspecified atom stereocenters. The molecular formula is C6H18N2O6S. The molecule has 0 aliphatic carbocycles. The first kappa shape index (κ1) is 19.8. The van der Waals surface area contributed by atoms with Gasteiger partial charge in [-0.1, -0.05) is 13.8 Å². The minimum atomic E-state index is -4.67. The van der Waals surface area contributed by atoms with Crippen LogP contribution in [-0.4, -0.2) is 47.4 Å². The van der Waals surface area contributed by atoms with Crippen LogP contribution in [0.1, 0.15) is 13.8 Å². The summed E-state index contributed by atoms with van der Waals surface area (Å²) in [4.78, 5) is 4.24. The zero-order valence-electron chi connectivity index (χ0n) is 8.56. The summed E-state index contributed by atoms with van der Waals surface area (Å²) in [7, 11) is -4.67. The molecule has 8 nitrogen and oxygen atoms in total. The van der Waals surface area contributed by atoms with E-state index in [1.54, 1.807) is 0 Å². The molecular weight excluding hydrogens is 228 g/mol. The number of nitrogens with zero attached hydrogens (tertiary/aromatic N) is 1. The third-order valence-electron chi connectivity index (χ3n) is 1.25. The largest absolute Gasteiger partial charge is 0.412 e. The van der Waals surface area contributed by atoms with Gasteiger partial charge in [0.2, 0.25) is 0 Å². The minimum absolute atomic E-state index is 0. The van der Waals surface area contributed by atoms with Crippen molar-refractivity contribution in [1.82, 2.24) is 5.32 Å². The molecule has 0 bridgehead atoms. The summed E-state index contributed by atoms with van der Waals surface area (Å²) in [5, 5.41) is 3.21. The molecule has 0 saturated heterocycles. The molecule has 1 heterocycles. The first-order valence-electron chi connectivity index (χ1n) is 3.79. The summed E-state index contributed by atoms with van der Waals surface area (Å²) in [6, 6.07) is 0. The Morgan fingerprint density at radius 1 is 1.33 bits per heavy atom. The van der Waals surface area contributed by atoms with Gasteiger partial charge < -0.3 is 16.3 Å². The molecule has 1 aliphatic heterocycles. The molecule has 0 fully saturated rings. The molecule has 0 atom stereocenters. The second-order valence-electron chi connectivity index (χ2n) is 2.80. The topological polar surface area (TPSA) is 162 Å². The summed E-state index contributed by atoms with van der Waals surface area (Å²) >= 11 is 0. The van der Waals surface area contributed by atoms with E-state index < -0.39 is 10.4 Å². The highest BCUT2D eigenvalue weighted by Crippen LogP contribution is 1.97. The highest BCUT2D eigenvalue weighted by Gasteiger charge is 2.06. The Kier molecular flexibility index (Phi) is 11.3. The molecule has 0 amide bonds. The fourth-order valence-electron chi connectivity index (χ4n) is 0.803. The molecule has 0 aromatic heterocycles. The van der Waals surface area contributed by atoms with Gasteiger partial charge in [-0.25, -0.2) is 0 Å². The van der Waals surface area contributed by atoms with E-state index in [-0.39, 0.29) is 11.0 Å². The van der Waals surface area contributed by atoms with E-state index in [2.05, 4.69) is 24.2 Å². The maximum atomic E-state index is 8.74. The van der Waals surface area contributed by atoms with Crippen LogP contribution in [0.5, 0.6) is 0 Å². The standard InChI is InChI=1S/C6H12N2.H2O4S.2H2O/c1-5(2)6-7-3-4-8-6;1-5(2,3)4;;/h5H,3-4H2,1-2H3,(H,7,8);(H2,1,2,3,4);2*1H2. The van der Waals surface area contributed by atoms with Crippen LogP contribution in [0, 0.1) is 5.92 Å². The number of hydrogen-bond donors (Lipinski definition) is 3. The van der Waals surface area contributed by atoms with Crippen LogP contribution < -0.4 is 5.32 Å². The lowest BCUT2D eigenvalue weighted by Crippen LogP contribution is -2.23. The van der Waals surface area contributed by atoms with Crippen LogP contribution in [0.15, 0.2) is 4.99 Å². The normalized spacial score (nSPS) is 13.8. The molecule has 0 aromatic carbocycles. The predicted molar refractivity (Wildman–Crippen MR) is 56.5 cm³/mol. The van der Waals surface area contributed by atoms with Gasteiger partial charge in [-0.15, -0.1) is 0 Å². The summed E-state index contributed by atoms with van der Waals surface area (Å²) < 4.78 is 31.6. The molecule has 7 N–H and O–H groups in total. The van der Waals surface area contributed by atoms with Crippen molar-refractivity contribution in [3.63, 3.8) is 0 Å². The Hall–Kier alpha value is -0.740. The van der Waals surface area contributed by atoms with Gasteiger partial charge in [0, 0.05) is 12.5 Å². The molecule has 1 aliphatic rings. The van der Waals surface area contributed by atoms with E-state index in [1.807, 2.05) is 0 Å². The van der Waals surface area contributed by atoms with Crippen LogP contribution in [-0.2, 0) is 10.4 Å². The van der Waals surface area contributed by atoms with Crippen molar-refractivity contribution in [2.24, 2.45) is 10.9 Å². The predicted octanol–water partition coefficient (Wildman–Crippen LogP) is -1.66. The van der Waals surface area contributed by atoms with E-state index in [4.69, 9.17) is 17.5 Å². The molecule has 9 heteroatoms. The lowest BCUT2D eigenvalue weighted by Gasteiger charge is -2.02. The summed E-state index contributed by atoms with van der Waals surface area (Å²) in [6.45, 7) is 6.30. The number of rotatable bonds is 1. The average molecular weight is 246 g/mol. The maximum absolute atomic E-state index is 8.74. The third-order valence-corrected chi connectivity index (χ3v) is 1.25. The van der Waals surface area contributed by atoms with E-state index in [0.717, 1.165) is 13.1 Å². The van der Waals surface area contributed by atoms with Crippen molar-refractivity contribution in [3.8, 4) is 0 Å². The Labute approximate surface area is 88.6 Å². The summed E-state index contributed by atoms with van der Waals surface area (Å²) in [5.74, 6) is 1.75. The number of hydrogen-bond acceptors (Lipinski definition) is 4. The number of aliphatic imine (C=N–C) groups is 1. The highest BCUT2D eigenvalue weighted by atomic mass is 32.3. The lowest BCUT2D eigenvalue weighted by molar-refractivity contribution is 0.381. The van der Waals surface area contributed by atoms with Crippen LogP contribution in [0.3, 0.4) is 0 Å². The Morgan fingerprint density at radius 3 is 1.87 bits per heavy atom. The molecule has 1 rings (SSSR count). The van der Waals surface area contributed by atoms with E-state index in [9.17, 15) is 0 Å². The number of amidine groups is 1. The lowest BCUT2D eigenvalue weighted by atomic mass is 10.2. The van der Waals surface area contributed by atoms with Crippen molar-refractivity contribution in [1.29, 1.82) is 0 Å². The Balaban J connectivity index is -0.000000185. The first-order valence-corrected chi connectivity index (χ1v) is 5.18. The molecule has 0 saturated carbocycles. The van der Waals surface area contributed by atoms with Gasteiger partial charge in [0.25, 0.3) is 0 Å². The van der Waals surface area contributed by atoms with Crippen molar-refractivity contribution in [3.05, 3.63) is 0 Å². The quantitative estimate of drug-likeness (QED) is 0.471.